The van der Waals surface area contributed by atoms with Crippen LogP contribution in [0.2, 0.25) is 0 Å². The van der Waals surface area contributed by atoms with Gasteiger partial charge in [-0.05, 0) is 96.3 Å². The monoisotopic (exact) mass is 1140 g/mol. The Morgan fingerprint density at radius 2 is 1.00 bits per heavy atom. The standard InChI is InChI=1S/C67H71N5O10S/c1-6-56(61(74)70-59(63(76)80-42-46-36-38-50(39-37-46)79-7-2)44-83-67(47-26-14-9-15-27-47,48-28-16-10-17-29-48)49-30-18-11-19-31-49)69-62(75)58(72-65(78)82-66(3,4)5)41-68-60(73)57(40-45-24-12-8-13-25-45)71-64(77)81-43-55-53-34-22-20-32-51(53)52-33-21-23-35-54(52)55/h8-39,55-59H,6-7,40-44H2,1-5H3,(H,68,73)(H,69,75)(H,70,74)(H,71,77)(H,72,78)/t56-,57-,58-,59-/m0/s1. The van der Waals surface area contributed by atoms with Gasteiger partial charge in [-0.3, -0.25) is 14.4 Å². The zero-order valence-corrected chi connectivity index (χ0v) is 48.1. The number of amides is 5. The molecule has 5 amide bonds. The van der Waals surface area contributed by atoms with Gasteiger partial charge in [0.05, 0.1) is 11.4 Å². The molecule has 5 N–H and O–H groups in total. The average Bonchev–Trinajstić information content (AvgIpc) is 4.06. The lowest BCUT2D eigenvalue weighted by atomic mass is 9.84. The van der Waals surface area contributed by atoms with Gasteiger partial charge in [0, 0.05) is 24.6 Å². The number of benzene rings is 7. The predicted molar refractivity (Wildman–Crippen MR) is 322 cm³/mol. The van der Waals surface area contributed by atoms with Gasteiger partial charge in [-0.2, -0.15) is 0 Å². The van der Waals surface area contributed by atoms with Crippen LogP contribution in [0.1, 0.15) is 85.9 Å². The minimum Gasteiger partial charge on any atom is -0.494 e. The molecule has 0 aromatic heterocycles. The molecular weight excluding hydrogens is 1070 g/mol. The van der Waals surface area contributed by atoms with Gasteiger partial charge in [0.1, 0.15) is 48.7 Å². The fraction of sp³-hybridized carbons (Fsp3) is 0.284. The maximum absolute atomic E-state index is 14.7. The van der Waals surface area contributed by atoms with Crippen LogP contribution in [0.15, 0.2) is 194 Å². The first-order valence-electron chi connectivity index (χ1n) is 27.9. The first-order chi connectivity index (χ1) is 40.1. The van der Waals surface area contributed by atoms with E-state index >= 15 is 0 Å². The van der Waals surface area contributed by atoms with E-state index in [1.54, 1.807) is 52.0 Å². The van der Waals surface area contributed by atoms with Crippen LogP contribution in [0, 0.1) is 0 Å². The van der Waals surface area contributed by atoms with Crippen LogP contribution >= 0.6 is 11.8 Å². The van der Waals surface area contributed by atoms with Crippen molar-refractivity contribution in [3.63, 3.8) is 0 Å². The predicted octanol–water partition coefficient (Wildman–Crippen LogP) is 10.4. The maximum atomic E-state index is 14.7. The van der Waals surface area contributed by atoms with E-state index in [-0.39, 0.29) is 37.7 Å². The average molecular weight is 1140 g/mol. The molecule has 0 aliphatic heterocycles. The summed E-state index contributed by atoms with van der Waals surface area (Å²) in [6.07, 6.45) is -1.69. The largest absolute Gasteiger partial charge is 0.494 e. The van der Waals surface area contributed by atoms with Gasteiger partial charge in [-0.25, -0.2) is 14.4 Å². The highest BCUT2D eigenvalue weighted by Gasteiger charge is 2.40. The van der Waals surface area contributed by atoms with E-state index in [1.165, 1.54) is 11.8 Å². The second-order valence-electron chi connectivity index (χ2n) is 21.0. The van der Waals surface area contributed by atoms with Gasteiger partial charge in [0.25, 0.3) is 0 Å². The second kappa shape index (κ2) is 28.7. The number of alkyl carbamates (subject to hydrolysis) is 2. The van der Waals surface area contributed by atoms with Crippen LogP contribution in [-0.2, 0) is 51.2 Å². The van der Waals surface area contributed by atoms with E-state index in [9.17, 15) is 28.8 Å². The molecule has 7 aromatic carbocycles. The Hall–Kier alpha value is -8.89. The molecule has 1 aliphatic carbocycles. The summed E-state index contributed by atoms with van der Waals surface area (Å²) in [5, 5.41) is 13.7. The van der Waals surface area contributed by atoms with Gasteiger partial charge >= 0.3 is 18.2 Å². The molecule has 430 valence electrons. The van der Waals surface area contributed by atoms with Crippen molar-refractivity contribution >= 4 is 47.6 Å². The molecule has 0 bridgehead atoms. The van der Waals surface area contributed by atoms with Crippen LogP contribution in [0.4, 0.5) is 9.59 Å². The Morgan fingerprint density at radius 3 is 1.53 bits per heavy atom. The number of carbonyl (C=O) groups is 6. The summed E-state index contributed by atoms with van der Waals surface area (Å²) < 4.78 is 22.1. The highest BCUT2D eigenvalue weighted by molar-refractivity contribution is 8.00. The summed E-state index contributed by atoms with van der Waals surface area (Å²) in [7, 11) is 0. The minimum absolute atomic E-state index is 0.00807. The van der Waals surface area contributed by atoms with E-state index in [0.29, 0.717) is 17.9 Å². The van der Waals surface area contributed by atoms with Crippen molar-refractivity contribution in [1.82, 2.24) is 26.6 Å². The van der Waals surface area contributed by atoms with E-state index in [2.05, 4.69) is 26.6 Å². The number of fused-ring (bicyclic) bond motifs is 3. The van der Waals surface area contributed by atoms with Crippen LogP contribution in [0.3, 0.4) is 0 Å². The van der Waals surface area contributed by atoms with Gasteiger partial charge < -0.3 is 45.5 Å². The molecule has 0 saturated heterocycles. The van der Waals surface area contributed by atoms with E-state index in [0.717, 1.165) is 44.5 Å². The first-order valence-corrected chi connectivity index (χ1v) is 28.9. The van der Waals surface area contributed by atoms with Crippen molar-refractivity contribution in [2.24, 2.45) is 0 Å². The highest BCUT2D eigenvalue weighted by atomic mass is 32.2. The molecule has 7 aromatic rings. The van der Waals surface area contributed by atoms with E-state index < -0.39 is 76.9 Å². The highest BCUT2D eigenvalue weighted by Crippen LogP contribution is 2.49. The van der Waals surface area contributed by atoms with Gasteiger partial charge in [-0.15, -0.1) is 11.8 Å². The number of esters is 1. The van der Waals surface area contributed by atoms with Crippen molar-refractivity contribution < 1.29 is 47.7 Å². The molecule has 0 unspecified atom stereocenters. The Balaban J connectivity index is 1.01. The van der Waals surface area contributed by atoms with Crippen LogP contribution in [0.5, 0.6) is 5.75 Å². The Bertz CT molecular complexity index is 3150. The van der Waals surface area contributed by atoms with Gasteiger partial charge in [-0.1, -0.05) is 189 Å². The molecule has 15 nitrogen and oxygen atoms in total. The fourth-order valence-electron chi connectivity index (χ4n) is 9.97. The quantitative estimate of drug-likeness (QED) is 0.0207. The minimum atomic E-state index is -1.50. The SMILES string of the molecule is CCOc1ccc(COC(=O)[C@H](CSC(c2ccccc2)(c2ccccc2)c2ccccc2)NC(=O)[C@H](CC)NC(=O)[C@H](CNC(=O)[C@H](Cc2ccccc2)NC(=O)OCC2c3ccccc3-c3ccccc32)NC(=O)OC(C)(C)C)cc1. The molecule has 0 spiro atoms. The number of carbonyl (C=O) groups excluding carboxylic acids is 6. The second-order valence-corrected chi connectivity index (χ2v) is 22.2. The van der Waals surface area contributed by atoms with Gasteiger partial charge in [0.15, 0.2) is 0 Å². The normalized spacial score (nSPS) is 13.3. The molecule has 0 radical (unpaired) electrons. The summed E-state index contributed by atoms with van der Waals surface area (Å²) in [6.45, 7) is 8.45. The topological polar surface area (TPSA) is 199 Å². The molecule has 0 saturated carbocycles. The molecule has 4 atom stereocenters. The summed E-state index contributed by atoms with van der Waals surface area (Å²) >= 11 is 1.45. The van der Waals surface area contributed by atoms with Crippen molar-refractivity contribution in [1.29, 1.82) is 0 Å². The molecule has 0 fully saturated rings. The van der Waals surface area contributed by atoms with Crippen LogP contribution in [-0.4, -0.2) is 91.2 Å². The number of ether oxygens (including phenoxy) is 4. The van der Waals surface area contributed by atoms with Crippen molar-refractivity contribution in [3.8, 4) is 16.9 Å². The molecule has 1 aliphatic rings. The number of rotatable bonds is 25. The third-order valence-corrected chi connectivity index (χ3v) is 15.6. The Kier molecular flexibility index (Phi) is 20.8. The zero-order valence-electron chi connectivity index (χ0n) is 47.3. The smallest absolute Gasteiger partial charge is 0.408 e. The number of thioether (sulfide) groups is 1. The van der Waals surface area contributed by atoms with E-state index in [1.807, 2.05) is 177 Å². The van der Waals surface area contributed by atoms with Crippen LogP contribution in [0.25, 0.3) is 11.1 Å². The molecule has 16 heteroatoms. The summed E-state index contributed by atoms with van der Waals surface area (Å²) in [5.74, 6) is -2.50. The lowest BCUT2D eigenvalue weighted by molar-refractivity contribution is -0.148. The fourth-order valence-corrected chi connectivity index (χ4v) is 11.5. The number of hydrogen-bond acceptors (Lipinski definition) is 11. The van der Waals surface area contributed by atoms with Crippen LogP contribution < -0.4 is 31.3 Å². The summed E-state index contributed by atoms with van der Waals surface area (Å²) in [4.78, 5) is 85.1. The summed E-state index contributed by atoms with van der Waals surface area (Å²) in [5.41, 5.74) is 7.42. The van der Waals surface area contributed by atoms with Gasteiger partial charge in [0.2, 0.25) is 17.7 Å². The van der Waals surface area contributed by atoms with E-state index in [4.69, 9.17) is 18.9 Å². The van der Waals surface area contributed by atoms with Crippen molar-refractivity contribution in [2.45, 2.75) is 94.5 Å². The number of hydrogen-bond donors (Lipinski definition) is 5. The third-order valence-electron chi connectivity index (χ3n) is 14.0. The van der Waals surface area contributed by atoms with Crippen molar-refractivity contribution in [2.75, 3.05) is 25.5 Å². The Morgan fingerprint density at radius 1 is 0.506 bits per heavy atom. The molecule has 83 heavy (non-hydrogen) atoms. The number of nitrogens with one attached hydrogen (secondary N) is 5. The lowest BCUT2D eigenvalue weighted by Crippen LogP contribution is -2.59. The zero-order chi connectivity index (χ0) is 58.8. The lowest BCUT2D eigenvalue weighted by Gasteiger charge is -2.36. The summed E-state index contributed by atoms with van der Waals surface area (Å²) in [6, 6.07) is 56.7. The molecule has 8 rings (SSSR count). The molecular formula is C67H71N5O10S. The maximum Gasteiger partial charge on any atom is 0.408 e. The van der Waals surface area contributed by atoms with Crippen molar-refractivity contribution in [3.05, 3.63) is 233 Å². The Labute approximate surface area is 489 Å². The molecule has 0 heterocycles. The third kappa shape index (κ3) is 16.0. The first kappa shape index (κ1) is 60.2.